The molecule has 12 heteroatoms. The summed E-state index contributed by atoms with van der Waals surface area (Å²) in [6.45, 7) is 27.2. The quantitative estimate of drug-likeness (QED) is 0.250. The van der Waals surface area contributed by atoms with Gasteiger partial charge >= 0.3 is 11.8 Å². The Balaban J connectivity index is 2.54. The molecule has 0 saturated carbocycles. The standard InChI is InChI=1S/C27H49BrN2O7Si2/c1-25(2,3)36-24(33)30-22(31)18(15-28)16-29(23(30)32)21-14-19(37-39(12,13)27(7,8)9)20(35-21)17-34-38(10,11)26(4,5)6/h16,19-21H,14-15,17H2,1-13H3/t19?,20-,21-/m1/s1. The van der Waals surface area contributed by atoms with Crippen LogP contribution in [-0.4, -0.2) is 56.3 Å². The molecular weight excluding hydrogens is 600 g/mol. The molecule has 0 radical (unpaired) electrons. The van der Waals surface area contributed by atoms with Gasteiger partial charge in [0.15, 0.2) is 16.6 Å². The number of halogens is 1. The SMILES string of the molecule is CC(C)(C)OC(=O)n1c(=O)c(CBr)cn([C@H]2CC(O[Si](C)(C)C(C)(C)C)[C@@H](CO[Si](C)(C)C(C)(C)C)O2)c1=O. The van der Waals surface area contributed by atoms with Gasteiger partial charge in [-0.3, -0.25) is 9.36 Å². The lowest BCUT2D eigenvalue weighted by Crippen LogP contribution is -2.48. The van der Waals surface area contributed by atoms with E-state index in [0.29, 0.717) is 17.6 Å². The van der Waals surface area contributed by atoms with Crippen LogP contribution < -0.4 is 11.2 Å². The predicted octanol–water partition coefficient (Wildman–Crippen LogP) is 6.39. The van der Waals surface area contributed by atoms with E-state index in [-0.39, 0.29) is 27.1 Å². The number of hydrogen-bond acceptors (Lipinski definition) is 7. The van der Waals surface area contributed by atoms with Gasteiger partial charge in [0.2, 0.25) is 0 Å². The molecular formula is C27H49BrN2O7Si2. The molecule has 1 aromatic rings. The molecule has 2 rings (SSSR count). The van der Waals surface area contributed by atoms with Crippen LogP contribution in [0.3, 0.4) is 0 Å². The molecule has 0 N–H and O–H groups in total. The zero-order valence-electron chi connectivity index (χ0n) is 26.1. The number of carbonyl (C=O) groups is 1. The smallest absolute Gasteiger partial charge is 0.425 e. The maximum Gasteiger partial charge on any atom is 0.425 e. The first-order valence-electron chi connectivity index (χ1n) is 13.6. The zero-order chi connectivity index (χ0) is 30.4. The van der Waals surface area contributed by atoms with Crippen molar-refractivity contribution < 1.29 is 23.1 Å². The van der Waals surface area contributed by atoms with E-state index in [1.165, 1.54) is 10.8 Å². The maximum absolute atomic E-state index is 13.6. The Bertz CT molecular complexity index is 1160. The van der Waals surface area contributed by atoms with Gasteiger partial charge in [-0.15, -0.1) is 0 Å². The Morgan fingerprint density at radius 2 is 1.54 bits per heavy atom. The highest BCUT2D eigenvalue weighted by molar-refractivity contribution is 9.08. The summed E-state index contributed by atoms with van der Waals surface area (Å²) in [6, 6.07) is 0. The number of alkyl halides is 1. The van der Waals surface area contributed by atoms with Crippen molar-refractivity contribution in [3.8, 4) is 0 Å². The molecule has 2 heterocycles. The van der Waals surface area contributed by atoms with Crippen molar-refractivity contribution >= 4 is 38.7 Å². The lowest BCUT2D eigenvalue weighted by atomic mass is 10.2. The molecule has 3 atom stereocenters. The average molecular weight is 650 g/mol. The number of nitrogens with zero attached hydrogens (tertiary/aromatic N) is 2. The van der Waals surface area contributed by atoms with Crippen LogP contribution in [-0.2, 0) is 23.7 Å². The summed E-state index contributed by atoms with van der Waals surface area (Å²) in [7, 11) is -4.28. The van der Waals surface area contributed by atoms with Gasteiger partial charge in [-0.25, -0.2) is 9.59 Å². The number of hydrogen-bond donors (Lipinski definition) is 0. The molecule has 0 bridgehead atoms. The van der Waals surface area contributed by atoms with Gasteiger partial charge in [0.05, 0.1) is 12.7 Å². The molecule has 1 fully saturated rings. The molecule has 0 spiro atoms. The summed E-state index contributed by atoms with van der Waals surface area (Å²) < 4.78 is 27.0. The van der Waals surface area contributed by atoms with Crippen LogP contribution in [0.1, 0.15) is 80.5 Å². The van der Waals surface area contributed by atoms with E-state index in [1.807, 2.05) is 0 Å². The van der Waals surface area contributed by atoms with Crippen LogP contribution in [0, 0.1) is 0 Å². The summed E-state index contributed by atoms with van der Waals surface area (Å²) in [5.41, 5.74) is -2.16. The summed E-state index contributed by atoms with van der Waals surface area (Å²) >= 11 is 3.31. The highest BCUT2D eigenvalue weighted by Crippen LogP contribution is 2.42. The van der Waals surface area contributed by atoms with E-state index in [9.17, 15) is 14.4 Å². The molecule has 1 aromatic heterocycles. The van der Waals surface area contributed by atoms with E-state index in [1.54, 1.807) is 20.8 Å². The largest absolute Gasteiger partial charge is 0.443 e. The minimum Gasteiger partial charge on any atom is -0.443 e. The predicted molar refractivity (Wildman–Crippen MR) is 163 cm³/mol. The summed E-state index contributed by atoms with van der Waals surface area (Å²) in [5, 5.41) is 0.148. The average Bonchev–Trinajstić information content (AvgIpc) is 3.11. The van der Waals surface area contributed by atoms with E-state index in [2.05, 4.69) is 83.7 Å². The first-order valence-corrected chi connectivity index (χ1v) is 20.5. The van der Waals surface area contributed by atoms with E-state index >= 15 is 0 Å². The number of ether oxygens (including phenoxy) is 2. The molecule has 224 valence electrons. The molecule has 1 saturated heterocycles. The highest BCUT2D eigenvalue weighted by Gasteiger charge is 2.47. The van der Waals surface area contributed by atoms with Crippen molar-refractivity contribution in [2.45, 2.75) is 134 Å². The van der Waals surface area contributed by atoms with Gasteiger partial charge in [0.1, 0.15) is 17.9 Å². The van der Waals surface area contributed by atoms with Crippen molar-refractivity contribution in [1.82, 2.24) is 9.13 Å². The minimum atomic E-state index is -2.20. The molecule has 0 aromatic carbocycles. The number of carbonyl (C=O) groups excluding carboxylic acids is 1. The summed E-state index contributed by atoms with van der Waals surface area (Å²) in [6.07, 6.45) is -0.648. The van der Waals surface area contributed by atoms with Gasteiger partial charge in [-0.05, 0) is 57.0 Å². The van der Waals surface area contributed by atoms with Gasteiger partial charge in [-0.2, -0.15) is 4.57 Å². The highest BCUT2D eigenvalue weighted by atomic mass is 79.9. The Labute approximate surface area is 243 Å². The lowest BCUT2D eigenvalue weighted by Gasteiger charge is -2.40. The van der Waals surface area contributed by atoms with Crippen molar-refractivity contribution in [3.05, 3.63) is 32.6 Å². The number of aromatic nitrogens is 2. The molecule has 0 aliphatic carbocycles. The maximum atomic E-state index is 13.6. The Morgan fingerprint density at radius 1 is 1.00 bits per heavy atom. The minimum absolute atomic E-state index is 0.0193. The Morgan fingerprint density at radius 3 is 2.00 bits per heavy atom. The van der Waals surface area contributed by atoms with Crippen LogP contribution >= 0.6 is 15.9 Å². The van der Waals surface area contributed by atoms with E-state index < -0.39 is 51.9 Å². The van der Waals surface area contributed by atoms with Crippen LogP contribution in [0.25, 0.3) is 0 Å². The van der Waals surface area contributed by atoms with Gasteiger partial charge in [-0.1, -0.05) is 57.5 Å². The second-order valence-electron chi connectivity index (χ2n) is 14.5. The lowest BCUT2D eigenvalue weighted by molar-refractivity contribution is -0.0417. The third-order valence-electron chi connectivity index (χ3n) is 8.06. The van der Waals surface area contributed by atoms with Crippen molar-refractivity contribution in [3.63, 3.8) is 0 Å². The summed E-state index contributed by atoms with van der Waals surface area (Å²) in [5.74, 6) is 0. The third-order valence-corrected chi connectivity index (χ3v) is 17.7. The third kappa shape index (κ3) is 8.03. The molecule has 1 aliphatic heterocycles. The van der Waals surface area contributed by atoms with Crippen molar-refractivity contribution in [2.75, 3.05) is 6.61 Å². The van der Waals surface area contributed by atoms with Crippen molar-refractivity contribution in [1.29, 1.82) is 0 Å². The fourth-order valence-electron chi connectivity index (χ4n) is 3.60. The normalized spacial score (nSPS) is 21.3. The van der Waals surface area contributed by atoms with Gasteiger partial charge < -0.3 is 18.3 Å². The van der Waals surface area contributed by atoms with Crippen LogP contribution in [0.5, 0.6) is 0 Å². The van der Waals surface area contributed by atoms with Crippen LogP contribution in [0.15, 0.2) is 15.8 Å². The molecule has 0 amide bonds. The molecule has 39 heavy (non-hydrogen) atoms. The topological polar surface area (TPSA) is 98.0 Å². The fraction of sp³-hybridized carbons (Fsp3) is 0.815. The fourth-order valence-corrected chi connectivity index (χ4v) is 6.36. The molecule has 1 aliphatic rings. The monoisotopic (exact) mass is 648 g/mol. The van der Waals surface area contributed by atoms with E-state index in [0.717, 1.165) is 0 Å². The molecule has 9 nitrogen and oxygen atoms in total. The molecule has 1 unspecified atom stereocenters. The Hall–Kier alpha value is -1.06. The number of rotatable bonds is 7. The van der Waals surface area contributed by atoms with Gasteiger partial charge in [0, 0.05) is 23.5 Å². The van der Waals surface area contributed by atoms with Crippen LogP contribution in [0.4, 0.5) is 4.79 Å². The zero-order valence-corrected chi connectivity index (χ0v) is 29.6. The first-order chi connectivity index (χ1) is 17.4. The first kappa shape index (κ1) is 34.1. The summed E-state index contributed by atoms with van der Waals surface area (Å²) in [4.78, 5) is 39.5. The Kier molecular flexibility index (Phi) is 10.2. The van der Waals surface area contributed by atoms with Gasteiger partial charge in [0.25, 0.3) is 5.56 Å². The van der Waals surface area contributed by atoms with E-state index in [4.69, 9.17) is 18.3 Å². The van der Waals surface area contributed by atoms with Crippen LogP contribution in [0.2, 0.25) is 36.3 Å². The van der Waals surface area contributed by atoms with Crippen molar-refractivity contribution in [2.24, 2.45) is 0 Å². The second kappa shape index (κ2) is 11.7. The second-order valence-corrected chi connectivity index (χ2v) is 24.6.